The number of benzene rings is 1. The maximum atomic E-state index is 12.5. The van der Waals surface area contributed by atoms with Crippen molar-refractivity contribution in [2.75, 3.05) is 46.3 Å². The molecule has 2 heterocycles. The van der Waals surface area contributed by atoms with Gasteiger partial charge in [0.15, 0.2) is 0 Å². The van der Waals surface area contributed by atoms with Gasteiger partial charge in [0.2, 0.25) is 11.8 Å². The summed E-state index contributed by atoms with van der Waals surface area (Å²) in [5, 5.41) is 3.10. The lowest BCUT2D eigenvalue weighted by Gasteiger charge is -2.32. The predicted molar refractivity (Wildman–Crippen MR) is 113 cm³/mol. The minimum atomic E-state index is 0.0368. The normalized spacial score (nSPS) is 21.9. The van der Waals surface area contributed by atoms with Gasteiger partial charge >= 0.3 is 0 Å². The molecule has 6 nitrogen and oxygen atoms in total. The molecule has 0 atom stereocenters. The Balaban J connectivity index is 1.18. The summed E-state index contributed by atoms with van der Waals surface area (Å²) in [6, 6.07) is 8.62. The second-order valence-electron chi connectivity index (χ2n) is 8.99. The highest BCUT2D eigenvalue weighted by Gasteiger charge is 2.35. The zero-order chi connectivity index (χ0) is 20.2. The van der Waals surface area contributed by atoms with E-state index in [1.807, 2.05) is 4.90 Å². The lowest BCUT2D eigenvalue weighted by Crippen LogP contribution is -2.43. The lowest BCUT2D eigenvalue weighted by molar-refractivity contribution is -0.136. The van der Waals surface area contributed by atoms with Crippen molar-refractivity contribution in [2.45, 2.75) is 38.8 Å². The maximum absolute atomic E-state index is 12.5. The zero-order valence-electron chi connectivity index (χ0n) is 17.6. The molecule has 0 spiro atoms. The summed E-state index contributed by atoms with van der Waals surface area (Å²) in [5.41, 5.74) is 2.47. The summed E-state index contributed by atoms with van der Waals surface area (Å²) in [4.78, 5) is 31.5. The number of carbonyl (C=O) groups is 2. The van der Waals surface area contributed by atoms with E-state index in [2.05, 4.69) is 46.4 Å². The van der Waals surface area contributed by atoms with Crippen LogP contribution in [0.25, 0.3) is 0 Å². The van der Waals surface area contributed by atoms with Crippen molar-refractivity contribution in [1.82, 2.24) is 20.0 Å². The summed E-state index contributed by atoms with van der Waals surface area (Å²) >= 11 is 0. The number of rotatable bonds is 6. The molecule has 1 aromatic rings. The van der Waals surface area contributed by atoms with Crippen molar-refractivity contribution in [3.63, 3.8) is 0 Å². The fraction of sp³-hybridized carbons (Fsp3) is 0.652. The van der Waals surface area contributed by atoms with E-state index >= 15 is 0 Å². The third-order valence-corrected chi connectivity index (χ3v) is 6.60. The quantitative estimate of drug-likeness (QED) is 0.793. The molecular formula is C23H34N4O2. The summed E-state index contributed by atoms with van der Waals surface area (Å²) in [6.45, 7) is 7.56. The van der Waals surface area contributed by atoms with E-state index < -0.39 is 0 Å². The van der Waals surface area contributed by atoms with Crippen LogP contribution in [0.3, 0.4) is 0 Å². The summed E-state index contributed by atoms with van der Waals surface area (Å²) in [5.74, 6) is 0.750. The predicted octanol–water partition coefficient (Wildman–Crippen LogP) is 1.70. The molecule has 2 amide bonds. The summed E-state index contributed by atoms with van der Waals surface area (Å²) in [6.07, 6.45) is 3.67. The van der Waals surface area contributed by atoms with Gasteiger partial charge in [-0.2, -0.15) is 0 Å². The minimum absolute atomic E-state index is 0.0368. The van der Waals surface area contributed by atoms with Gasteiger partial charge in [-0.1, -0.05) is 24.3 Å². The van der Waals surface area contributed by atoms with Crippen molar-refractivity contribution < 1.29 is 9.59 Å². The number of piperazine rings is 1. The van der Waals surface area contributed by atoms with Gasteiger partial charge in [0.1, 0.15) is 0 Å². The number of nitrogens with zero attached hydrogens (tertiary/aromatic N) is 3. The molecule has 6 heteroatoms. The molecule has 3 aliphatic rings. The summed E-state index contributed by atoms with van der Waals surface area (Å²) in [7, 11) is 2.18. The van der Waals surface area contributed by atoms with Crippen LogP contribution in [0.2, 0.25) is 0 Å². The van der Waals surface area contributed by atoms with Crippen LogP contribution in [0.5, 0.6) is 0 Å². The number of likely N-dealkylation sites (N-methyl/N-ethyl adjacent to an activating group) is 1. The Morgan fingerprint density at radius 1 is 0.862 bits per heavy atom. The van der Waals surface area contributed by atoms with E-state index in [9.17, 15) is 9.59 Å². The van der Waals surface area contributed by atoms with Gasteiger partial charge in [-0.05, 0) is 43.9 Å². The highest BCUT2D eigenvalue weighted by atomic mass is 16.2. The molecule has 2 saturated heterocycles. The molecule has 4 rings (SSSR count). The molecule has 1 aromatic carbocycles. The highest BCUT2D eigenvalue weighted by Crippen LogP contribution is 2.32. The molecule has 0 unspecified atom stereocenters. The number of amides is 2. The first-order valence-corrected chi connectivity index (χ1v) is 11.1. The number of piperidine rings is 1. The number of carbonyl (C=O) groups excluding carboxylic acids is 2. The molecule has 2 aliphatic heterocycles. The first-order valence-electron chi connectivity index (χ1n) is 11.1. The molecule has 0 aromatic heterocycles. The zero-order valence-corrected chi connectivity index (χ0v) is 17.6. The van der Waals surface area contributed by atoms with Gasteiger partial charge in [-0.3, -0.25) is 14.5 Å². The fourth-order valence-electron chi connectivity index (χ4n) is 4.31. The number of hydrogen-bond donors (Lipinski definition) is 1. The average Bonchev–Trinajstić information content (AvgIpc) is 3.60. The van der Waals surface area contributed by atoms with Crippen molar-refractivity contribution in [3.8, 4) is 0 Å². The second-order valence-corrected chi connectivity index (χ2v) is 8.99. The second kappa shape index (κ2) is 9.26. The van der Waals surface area contributed by atoms with Crippen LogP contribution in [0.15, 0.2) is 24.3 Å². The van der Waals surface area contributed by atoms with Crippen molar-refractivity contribution >= 4 is 11.8 Å². The van der Waals surface area contributed by atoms with Gasteiger partial charge in [0, 0.05) is 64.2 Å². The van der Waals surface area contributed by atoms with Crippen LogP contribution in [0, 0.1) is 11.8 Å². The molecular weight excluding hydrogens is 364 g/mol. The first-order chi connectivity index (χ1) is 14.1. The molecule has 0 bridgehead atoms. The smallest absolute Gasteiger partial charge is 0.225 e. The third-order valence-electron chi connectivity index (χ3n) is 6.60. The Bertz CT molecular complexity index is 700. The fourth-order valence-corrected chi connectivity index (χ4v) is 4.31. The molecule has 1 N–H and O–H groups in total. The van der Waals surface area contributed by atoms with E-state index in [1.54, 1.807) is 0 Å². The Morgan fingerprint density at radius 3 is 2.10 bits per heavy atom. The first kappa shape index (κ1) is 20.4. The molecule has 29 heavy (non-hydrogen) atoms. The molecule has 3 fully saturated rings. The molecule has 1 saturated carbocycles. The number of nitrogens with one attached hydrogen (secondary N) is 1. The number of hydrogen-bond acceptors (Lipinski definition) is 4. The van der Waals surface area contributed by atoms with E-state index in [0.29, 0.717) is 12.5 Å². The van der Waals surface area contributed by atoms with E-state index in [1.165, 1.54) is 5.56 Å². The van der Waals surface area contributed by atoms with Gasteiger partial charge in [-0.15, -0.1) is 0 Å². The van der Waals surface area contributed by atoms with Crippen molar-refractivity contribution in [3.05, 3.63) is 35.4 Å². The van der Waals surface area contributed by atoms with Crippen LogP contribution >= 0.6 is 0 Å². The Morgan fingerprint density at radius 2 is 1.48 bits per heavy atom. The highest BCUT2D eigenvalue weighted by molar-refractivity contribution is 5.82. The largest absolute Gasteiger partial charge is 0.352 e. The monoisotopic (exact) mass is 398 g/mol. The van der Waals surface area contributed by atoms with Crippen LogP contribution in [-0.2, 0) is 22.7 Å². The van der Waals surface area contributed by atoms with E-state index in [4.69, 9.17) is 0 Å². The molecule has 0 radical (unpaired) electrons. The molecule has 158 valence electrons. The van der Waals surface area contributed by atoms with Gasteiger partial charge in [0.25, 0.3) is 0 Å². The Kier molecular flexibility index (Phi) is 6.50. The van der Waals surface area contributed by atoms with Gasteiger partial charge in [-0.25, -0.2) is 0 Å². The van der Waals surface area contributed by atoms with Crippen LogP contribution < -0.4 is 5.32 Å². The van der Waals surface area contributed by atoms with Gasteiger partial charge < -0.3 is 15.1 Å². The molecule has 1 aliphatic carbocycles. The van der Waals surface area contributed by atoms with Crippen LogP contribution in [-0.4, -0.2) is 72.8 Å². The van der Waals surface area contributed by atoms with Crippen molar-refractivity contribution in [1.29, 1.82) is 0 Å². The number of likely N-dealkylation sites (tertiary alicyclic amines) is 1. The maximum Gasteiger partial charge on any atom is 0.225 e. The lowest BCUT2D eigenvalue weighted by atomic mass is 9.95. The van der Waals surface area contributed by atoms with Crippen molar-refractivity contribution in [2.24, 2.45) is 11.8 Å². The minimum Gasteiger partial charge on any atom is -0.352 e. The van der Waals surface area contributed by atoms with Crippen LogP contribution in [0.4, 0.5) is 0 Å². The SMILES string of the molecule is CN1CCN(Cc2ccc(CNC(=O)C3CCN(C(=O)C4CC4)CC3)cc2)CC1. The average molecular weight is 399 g/mol. The van der Waals surface area contributed by atoms with E-state index in [-0.39, 0.29) is 17.7 Å². The Hall–Kier alpha value is -1.92. The summed E-state index contributed by atoms with van der Waals surface area (Å²) < 4.78 is 0. The Labute approximate surface area is 174 Å². The van der Waals surface area contributed by atoms with Crippen LogP contribution in [0.1, 0.15) is 36.8 Å². The topological polar surface area (TPSA) is 55.9 Å². The van der Waals surface area contributed by atoms with E-state index in [0.717, 1.165) is 77.1 Å². The van der Waals surface area contributed by atoms with Gasteiger partial charge in [0.05, 0.1) is 0 Å². The standard InChI is InChI=1S/C23H34N4O2/c1-25-12-14-26(15-13-25)17-19-4-2-18(3-5-19)16-24-22(28)20-8-10-27(11-9-20)23(29)21-6-7-21/h2-5,20-21H,6-17H2,1H3,(H,24,28). The third kappa shape index (κ3) is 5.58.